The van der Waals surface area contributed by atoms with Gasteiger partial charge in [0, 0.05) is 19.9 Å². The highest BCUT2D eigenvalue weighted by Gasteiger charge is 2.18. The Balaban J connectivity index is 1.96. The van der Waals surface area contributed by atoms with E-state index < -0.39 is 0 Å². The van der Waals surface area contributed by atoms with Gasteiger partial charge in [-0.3, -0.25) is 4.79 Å². The minimum atomic E-state index is -0.00235. The van der Waals surface area contributed by atoms with Gasteiger partial charge in [-0.2, -0.15) is 0 Å². The summed E-state index contributed by atoms with van der Waals surface area (Å²) in [6, 6.07) is 8.28. The highest BCUT2D eigenvalue weighted by atomic mass is 16.5. The Morgan fingerprint density at radius 3 is 2.93 bits per heavy atom. The van der Waals surface area contributed by atoms with E-state index >= 15 is 0 Å². The molecular weight excluding hydrogens is 190 g/mol. The Morgan fingerprint density at radius 2 is 2.20 bits per heavy atom. The fourth-order valence-electron chi connectivity index (χ4n) is 1.80. The summed E-state index contributed by atoms with van der Waals surface area (Å²) >= 11 is 0. The normalized spacial score (nSPS) is 19.4. The van der Waals surface area contributed by atoms with Gasteiger partial charge in [0.05, 0.1) is 12.7 Å². The van der Waals surface area contributed by atoms with Crippen molar-refractivity contribution in [3.05, 3.63) is 35.4 Å². The van der Waals surface area contributed by atoms with Gasteiger partial charge in [-0.25, -0.2) is 0 Å². The van der Waals surface area contributed by atoms with E-state index in [0.29, 0.717) is 13.2 Å². The SMILES string of the molecule is CC(=O)NC[C@@H]1Cc2ccccc2CO1. The molecule has 1 N–H and O–H groups in total. The molecule has 0 radical (unpaired) electrons. The lowest BCUT2D eigenvalue weighted by molar-refractivity contribution is -0.119. The van der Waals surface area contributed by atoms with E-state index in [1.165, 1.54) is 18.1 Å². The van der Waals surface area contributed by atoms with Crippen molar-refractivity contribution in [1.82, 2.24) is 5.32 Å². The van der Waals surface area contributed by atoms with Gasteiger partial charge in [-0.05, 0) is 11.1 Å². The molecule has 0 fully saturated rings. The Hall–Kier alpha value is -1.35. The van der Waals surface area contributed by atoms with Crippen LogP contribution < -0.4 is 5.32 Å². The van der Waals surface area contributed by atoms with Gasteiger partial charge in [0.15, 0.2) is 0 Å². The lowest BCUT2D eigenvalue weighted by atomic mass is 9.99. The number of rotatable bonds is 2. The number of ether oxygens (including phenoxy) is 1. The van der Waals surface area contributed by atoms with E-state index in [1.807, 2.05) is 12.1 Å². The molecule has 3 nitrogen and oxygen atoms in total. The zero-order valence-electron chi connectivity index (χ0n) is 8.82. The van der Waals surface area contributed by atoms with Crippen LogP contribution in [-0.4, -0.2) is 18.6 Å². The molecule has 1 aliphatic rings. The third-order valence-electron chi connectivity index (χ3n) is 2.62. The molecule has 1 aliphatic heterocycles. The van der Waals surface area contributed by atoms with E-state index in [9.17, 15) is 4.79 Å². The summed E-state index contributed by atoms with van der Waals surface area (Å²) < 4.78 is 5.64. The maximum atomic E-state index is 10.8. The maximum absolute atomic E-state index is 10.8. The number of carbonyl (C=O) groups is 1. The number of hydrogen-bond acceptors (Lipinski definition) is 2. The smallest absolute Gasteiger partial charge is 0.216 e. The highest BCUT2D eigenvalue weighted by Crippen LogP contribution is 2.19. The predicted molar refractivity (Wildman–Crippen MR) is 57.4 cm³/mol. The summed E-state index contributed by atoms with van der Waals surface area (Å²) in [5, 5.41) is 2.78. The van der Waals surface area contributed by atoms with Crippen molar-refractivity contribution >= 4 is 5.91 Å². The molecule has 80 valence electrons. The van der Waals surface area contributed by atoms with Gasteiger partial charge >= 0.3 is 0 Å². The number of nitrogens with one attached hydrogen (secondary N) is 1. The second kappa shape index (κ2) is 4.45. The number of carbonyl (C=O) groups excluding carboxylic acids is 1. The first-order chi connectivity index (χ1) is 7.25. The molecule has 1 amide bonds. The lowest BCUT2D eigenvalue weighted by Gasteiger charge is -2.25. The van der Waals surface area contributed by atoms with Crippen molar-refractivity contribution in [1.29, 1.82) is 0 Å². The molecule has 1 atom stereocenters. The molecule has 1 heterocycles. The minimum Gasteiger partial charge on any atom is -0.371 e. The van der Waals surface area contributed by atoms with Crippen molar-refractivity contribution in [2.24, 2.45) is 0 Å². The van der Waals surface area contributed by atoms with Crippen molar-refractivity contribution in [2.45, 2.75) is 26.1 Å². The third-order valence-corrected chi connectivity index (χ3v) is 2.62. The molecule has 0 aliphatic carbocycles. The van der Waals surface area contributed by atoms with Gasteiger partial charge < -0.3 is 10.1 Å². The van der Waals surface area contributed by atoms with Crippen LogP contribution in [0.5, 0.6) is 0 Å². The molecule has 1 aromatic carbocycles. The molecule has 0 aromatic heterocycles. The maximum Gasteiger partial charge on any atom is 0.216 e. The first-order valence-electron chi connectivity index (χ1n) is 5.18. The molecule has 0 saturated heterocycles. The average Bonchev–Trinajstić information content (AvgIpc) is 2.26. The topological polar surface area (TPSA) is 38.3 Å². The van der Waals surface area contributed by atoms with Gasteiger partial charge in [0.1, 0.15) is 0 Å². The summed E-state index contributed by atoms with van der Waals surface area (Å²) in [6.45, 7) is 2.78. The molecule has 3 heteroatoms. The summed E-state index contributed by atoms with van der Waals surface area (Å²) in [6.07, 6.45) is 1.000. The molecule has 15 heavy (non-hydrogen) atoms. The van der Waals surface area contributed by atoms with E-state index in [0.717, 1.165) is 6.42 Å². The Labute approximate surface area is 89.4 Å². The molecule has 1 aromatic rings. The summed E-state index contributed by atoms with van der Waals surface area (Å²) in [7, 11) is 0. The third kappa shape index (κ3) is 2.57. The number of hydrogen-bond donors (Lipinski definition) is 1. The molecule has 2 rings (SSSR count). The van der Waals surface area contributed by atoms with Crippen LogP contribution in [0.1, 0.15) is 18.1 Å². The van der Waals surface area contributed by atoms with Crippen molar-refractivity contribution in [3.8, 4) is 0 Å². The van der Waals surface area contributed by atoms with Crippen LogP contribution in [0.15, 0.2) is 24.3 Å². The summed E-state index contributed by atoms with van der Waals surface area (Å²) in [4.78, 5) is 10.8. The van der Waals surface area contributed by atoms with Crippen LogP contribution in [0.25, 0.3) is 0 Å². The Bertz CT molecular complexity index is 362. The van der Waals surface area contributed by atoms with E-state index in [4.69, 9.17) is 4.74 Å². The number of fused-ring (bicyclic) bond motifs is 1. The second-order valence-corrected chi connectivity index (χ2v) is 3.84. The van der Waals surface area contributed by atoms with Crippen LogP contribution in [0, 0.1) is 0 Å². The Morgan fingerprint density at radius 1 is 1.47 bits per heavy atom. The average molecular weight is 205 g/mol. The van der Waals surface area contributed by atoms with E-state index in [1.54, 1.807) is 0 Å². The van der Waals surface area contributed by atoms with Crippen molar-refractivity contribution in [2.75, 3.05) is 6.54 Å². The van der Waals surface area contributed by atoms with Crippen LogP contribution in [0.2, 0.25) is 0 Å². The molecule has 0 spiro atoms. The monoisotopic (exact) mass is 205 g/mol. The zero-order valence-corrected chi connectivity index (χ0v) is 8.82. The standard InChI is InChI=1S/C12H15NO2/c1-9(14)13-7-12-6-10-4-2-3-5-11(10)8-15-12/h2-5,12H,6-8H2,1H3,(H,13,14)/t12-/m0/s1. The quantitative estimate of drug-likeness (QED) is 0.789. The summed E-state index contributed by atoms with van der Waals surface area (Å²) in [5.74, 6) is -0.00235. The van der Waals surface area contributed by atoms with E-state index in [2.05, 4.69) is 17.4 Å². The van der Waals surface area contributed by atoms with Gasteiger partial charge in [0.25, 0.3) is 0 Å². The minimum absolute atomic E-state index is 0.00235. The Kier molecular flexibility index (Phi) is 3.02. The number of amides is 1. The fraction of sp³-hybridized carbons (Fsp3) is 0.417. The first kappa shape index (κ1) is 10.2. The highest BCUT2D eigenvalue weighted by molar-refractivity contribution is 5.72. The first-order valence-corrected chi connectivity index (χ1v) is 5.18. The zero-order chi connectivity index (χ0) is 10.7. The second-order valence-electron chi connectivity index (χ2n) is 3.84. The number of benzene rings is 1. The van der Waals surface area contributed by atoms with Crippen LogP contribution >= 0.6 is 0 Å². The van der Waals surface area contributed by atoms with Crippen LogP contribution in [0.3, 0.4) is 0 Å². The molecule has 0 bridgehead atoms. The van der Waals surface area contributed by atoms with Gasteiger partial charge in [-0.15, -0.1) is 0 Å². The molecule has 0 unspecified atom stereocenters. The van der Waals surface area contributed by atoms with Gasteiger partial charge in [-0.1, -0.05) is 24.3 Å². The van der Waals surface area contributed by atoms with Crippen molar-refractivity contribution in [3.63, 3.8) is 0 Å². The fourth-order valence-corrected chi connectivity index (χ4v) is 1.80. The van der Waals surface area contributed by atoms with Gasteiger partial charge in [0.2, 0.25) is 5.91 Å². The van der Waals surface area contributed by atoms with Crippen molar-refractivity contribution < 1.29 is 9.53 Å². The largest absolute Gasteiger partial charge is 0.371 e. The molecule has 0 saturated carbocycles. The van der Waals surface area contributed by atoms with E-state index in [-0.39, 0.29) is 12.0 Å². The van der Waals surface area contributed by atoms with Crippen LogP contribution in [-0.2, 0) is 22.6 Å². The van der Waals surface area contributed by atoms with Crippen LogP contribution in [0.4, 0.5) is 0 Å². The molecular formula is C12H15NO2. The lowest BCUT2D eigenvalue weighted by Crippen LogP contribution is -2.35. The summed E-state index contributed by atoms with van der Waals surface area (Å²) in [5.41, 5.74) is 2.59. The predicted octanol–water partition coefficient (Wildman–Crippen LogP) is 1.26.